The monoisotopic (exact) mass is 208 g/mol. The fourth-order valence-corrected chi connectivity index (χ4v) is 0.820. The quantitative estimate of drug-likeness (QED) is 0.442. The molecule has 82 valence electrons. The Hall–Kier alpha value is -1.28. The van der Waals surface area contributed by atoms with E-state index in [9.17, 15) is 30.4 Å². The molecule has 0 rings (SSSR count). The smallest absolute Gasteiger partial charge is 0.238 e. The Morgan fingerprint density at radius 2 is 1.14 bits per heavy atom. The van der Waals surface area contributed by atoms with Gasteiger partial charge in [-0.15, -0.1) is 0 Å². The van der Waals surface area contributed by atoms with Gasteiger partial charge in [0.05, 0.1) is 0 Å². The minimum atomic E-state index is -1.74. The highest BCUT2D eigenvalue weighted by atomic mass is 16.6. The van der Waals surface area contributed by atoms with E-state index in [1.165, 1.54) is 0 Å². The lowest BCUT2D eigenvalue weighted by molar-refractivity contribution is -0.553. The van der Waals surface area contributed by atoms with Gasteiger partial charge in [0.25, 0.3) is 0 Å². The summed E-state index contributed by atoms with van der Waals surface area (Å²) in [6, 6.07) is -2.88. The van der Waals surface area contributed by atoms with Crippen molar-refractivity contribution in [2.75, 3.05) is 0 Å². The third-order valence-corrected chi connectivity index (χ3v) is 2.00. The Bertz CT molecular complexity index is 208. The van der Waals surface area contributed by atoms with Gasteiger partial charge in [-0.3, -0.25) is 20.2 Å². The Kier molecular flexibility index (Phi) is 4.38. The van der Waals surface area contributed by atoms with Gasteiger partial charge in [-0.2, -0.15) is 0 Å². The molecule has 0 aromatic carbocycles. The number of aliphatic hydroxyl groups excluding tert-OH is 2. The number of hydrogen-bond acceptors (Lipinski definition) is 6. The molecule has 0 saturated heterocycles. The molecule has 0 aliphatic heterocycles. The maximum Gasteiger partial charge on any atom is 0.238 e. The fourth-order valence-electron chi connectivity index (χ4n) is 0.820. The summed E-state index contributed by atoms with van der Waals surface area (Å²) in [6.07, 6.45) is -3.49. The van der Waals surface area contributed by atoms with E-state index < -0.39 is 34.1 Å². The molecule has 0 spiro atoms. The van der Waals surface area contributed by atoms with E-state index in [1.54, 1.807) is 0 Å². The van der Waals surface area contributed by atoms with Crippen LogP contribution in [0.15, 0.2) is 0 Å². The number of aliphatic hydroxyl groups is 2. The van der Waals surface area contributed by atoms with Crippen LogP contribution < -0.4 is 0 Å². The molecule has 2 N–H and O–H groups in total. The highest BCUT2D eigenvalue weighted by Crippen LogP contribution is 2.08. The predicted molar refractivity (Wildman–Crippen MR) is 44.9 cm³/mol. The van der Waals surface area contributed by atoms with Crippen LogP contribution >= 0.6 is 0 Å². The van der Waals surface area contributed by atoms with E-state index in [-0.39, 0.29) is 0 Å². The molecule has 0 aliphatic carbocycles. The molecule has 0 bridgehead atoms. The summed E-state index contributed by atoms with van der Waals surface area (Å²) in [5, 5.41) is 38.8. The highest BCUT2D eigenvalue weighted by molar-refractivity contribution is 4.76. The van der Waals surface area contributed by atoms with Crippen molar-refractivity contribution in [3.05, 3.63) is 20.2 Å². The second kappa shape index (κ2) is 4.82. The Labute approximate surface area is 79.5 Å². The van der Waals surface area contributed by atoms with Crippen molar-refractivity contribution in [3.63, 3.8) is 0 Å². The van der Waals surface area contributed by atoms with Crippen LogP contribution in [0.4, 0.5) is 0 Å². The van der Waals surface area contributed by atoms with Crippen LogP contribution in [0.5, 0.6) is 0 Å². The van der Waals surface area contributed by atoms with Crippen molar-refractivity contribution in [1.29, 1.82) is 0 Å². The zero-order valence-electron chi connectivity index (χ0n) is 7.73. The van der Waals surface area contributed by atoms with E-state index in [0.717, 1.165) is 13.8 Å². The number of nitro groups is 2. The highest BCUT2D eigenvalue weighted by Gasteiger charge is 2.39. The average molecular weight is 208 g/mol. The number of nitrogens with zero attached hydrogens (tertiary/aromatic N) is 2. The summed E-state index contributed by atoms with van der Waals surface area (Å²) in [4.78, 5) is 18.8. The predicted octanol–water partition coefficient (Wildman–Crippen LogP) is -0.961. The SMILES string of the molecule is C[C@H]([C@H](O)[C@H](O)[C@@H](C)[N+](=O)[O-])[N+](=O)[O-]. The van der Waals surface area contributed by atoms with Gasteiger partial charge in [0.1, 0.15) is 0 Å². The zero-order valence-corrected chi connectivity index (χ0v) is 7.73. The normalized spacial score (nSPS) is 19.4. The number of hydrogen-bond donors (Lipinski definition) is 2. The van der Waals surface area contributed by atoms with Gasteiger partial charge in [-0.25, -0.2) is 0 Å². The molecule has 4 atom stereocenters. The Balaban J connectivity index is 4.45. The molecule has 8 nitrogen and oxygen atoms in total. The molecule has 0 saturated carbocycles. The first-order valence-corrected chi connectivity index (χ1v) is 3.92. The largest absolute Gasteiger partial charge is 0.383 e. The van der Waals surface area contributed by atoms with Gasteiger partial charge in [0.2, 0.25) is 12.1 Å². The first-order chi connectivity index (χ1) is 6.29. The van der Waals surface area contributed by atoms with Gasteiger partial charge in [0, 0.05) is 23.7 Å². The lowest BCUT2D eigenvalue weighted by atomic mass is 10.0. The van der Waals surface area contributed by atoms with Crippen molar-refractivity contribution in [1.82, 2.24) is 0 Å². The molecule has 0 unspecified atom stereocenters. The van der Waals surface area contributed by atoms with Gasteiger partial charge in [0.15, 0.2) is 12.2 Å². The second-order valence-electron chi connectivity index (χ2n) is 3.03. The van der Waals surface area contributed by atoms with E-state index in [4.69, 9.17) is 0 Å². The molecule has 0 aromatic heterocycles. The molecule has 0 fully saturated rings. The molecule has 0 amide bonds. The zero-order chi connectivity index (χ0) is 11.5. The summed E-state index contributed by atoms with van der Waals surface area (Å²) in [7, 11) is 0. The lowest BCUT2D eigenvalue weighted by Gasteiger charge is -2.19. The summed E-state index contributed by atoms with van der Waals surface area (Å²) in [6.45, 7) is 2.14. The van der Waals surface area contributed by atoms with E-state index in [0.29, 0.717) is 0 Å². The van der Waals surface area contributed by atoms with Gasteiger partial charge in [-0.05, 0) is 0 Å². The van der Waals surface area contributed by atoms with Crippen LogP contribution in [0.1, 0.15) is 13.8 Å². The van der Waals surface area contributed by atoms with Crippen LogP contribution in [0.2, 0.25) is 0 Å². The maximum absolute atomic E-state index is 10.2. The first-order valence-electron chi connectivity index (χ1n) is 3.92. The average Bonchev–Trinajstić information content (AvgIpc) is 2.12. The van der Waals surface area contributed by atoms with Crippen molar-refractivity contribution >= 4 is 0 Å². The Morgan fingerprint density at radius 1 is 0.929 bits per heavy atom. The molecule has 0 radical (unpaired) electrons. The molecule has 14 heavy (non-hydrogen) atoms. The van der Waals surface area contributed by atoms with Crippen LogP contribution in [0, 0.1) is 20.2 Å². The molecule has 0 aliphatic rings. The fraction of sp³-hybridized carbons (Fsp3) is 1.00. The van der Waals surface area contributed by atoms with E-state index in [1.807, 2.05) is 0 Å². The van der Waals surface area contributed by atoms with Gasteiger partial charge < -0.3 is 10.2 Å². The second-order valence-corrected chi connectivity index (χ2v) is 3.03. The summed E-state index contributed by atoms with van der Waals surface area (Å²) < 4.78 is 0. The van der Waals surface area contributed by atoms with E-state index >= 15 is 0 Å². The van der Waals surface area contributed by atoms with E-state index in [2.05, 4.69) is 0 Å². The Morgan fingerprint density at radius 3 is 1.29 bits per heavy atom. The van der Waals surface area contributed by atoms with Crippen molar-refractivity contribution < 1.29 is 20.1 Å². The molecule has 0 heterocycles. The van der Waals surface area contributed by atoms with Crippen LogP contribution in [0.3, 0.4) is 0 Å². The van der Waals surface area contributed by atoms with Gasteiger partial charge >= 0.3 is 0 Å². The topological polar surface area (TPSA) is 127 Å². The minimum absolute atomic E-state index is 0.805. The standard InChI is InChI=1S/C6H12N2O6/c1-3(7(11)12)5(9)6(10)4(2)8(13)14/h3-6,9-10H,1-2H3/t3-,4-,5-,6+/m1/s1. The summed E-state index contributed by atoms with van der Waals surface area (Å²) in [5.74, 6) is 0. The molecular weight excluding hydrogens is 196 g/mol. The molecular formula is C6H12N2O6. The summed E-state index contributed by atoms with van der Waals surface area (Å²) >= 11 is 0. The van der Waals surface area contributed by atoms with Crippen molar-refractivity contribution in [2.45, 2.75) is 38.1 Å². The lowest BCUT2D eigenvalue weighted by Crippen LogP contribution is -2.47. The third kappa shape index (κ3) is 2.89. The van der Waals surface area contributed by atoms with Crippen LogP contribution in [-0.2, 0) is 0 Å². The maximum atomic E-state index is 10.2. The summed E-state index contributed by atoms with van der Waals surface area (Å²) in [5.41, 5.74) is 0. The minimum Gasteiger partial charge on any atom is -0.383 e. The number of rotatable bonds is 5. The van der Waals surface area contributed by atoms with Crippen LogP contribution in [0.25, 0.3) is 0 Å². The third-order valence-electron chi connectivity index (χ3n) is 2.00. The van der Waals surface area contributed by atoms with Crippen LogP contribution in [-0.4, -0.2) is 44.4 Å². The van der Waals surface area contributed by atoms with Crippen molar-refractivity contribution in [3.8, 4) is 0 Å². The molecule has 0 aromatic rings. The van der Waals surface area contributed by atoms with Crippen molar-refractivity contribution in [2.24, 2.45) is 0 Å². The first kappa shape index (κ1) is 12.7. The molecule has 8 heteroatoms. The van der Waals surface area contributed by atoms with Gasteiger partial charge in [-0.1, -0.05) is 0 Å².